The van der Waals surface area contributed by atoms with Crippen LogP contribution in [0.3, 0.4) is 0 Å². The van der Waals surface area contributed by atoms with Gasteiger partial charge in [0.1, 0.15) is 5.75 Å². The highest BCUT2D eigenvalue weighted by Crippen LogP contribution is 2.44. The Labute approximate surface area is 143 Å². The number of aliphatic hydroxyl groups is 1. The highest BCUT2D eigenvalue weighted by atomic mass is 16.5. The zero-order valence-corrected chi connectivity index (χ0v) is 14.3. The predicted octanol–water partition coefficient (Wildman–Crippen LogP) is 3.28. The topological polar surface area (TPSA) is 48.5 Å². The van der Waals surface area contributed by atoms with Gasteiger partial charge in [-0.1, -0.05) is 6.08 Å². The van der Waals surface area contributed by atoms with E-state index in [0.29, 0.717) is 17.9 Å². The minimum atomic E-state index is 0.262. The van der Waals surface area contributed by atoms with Gasteiger partial charge < -0.3 is 14.8 Å². The Bertz CT molecular complexity index is 751. The van der Waals surface area contributed by atoms with E-state index in [0.717, 1.165) is 38.1 Å². The van der Waals surface area contributed by atoms with Crippen LogP contribution in [0.15, 0.2) is 30.9 Å². The standard InChI is InChI=1S/C20H26N2O2/c1-3-13-12-22-8-6-17-16-5-4-15(24-2)11-18(16)21-20(17)19(22)10-14(13)7-9-23/h3-5,11,13-14,19,21,23H,1,6-10,12H2,2H3. The summed E-state index contributed by atoms with van der Waals surface area (Å²) in [6, 6.07) is 6.75. The third-order valence-corrected chi connectivity index (χ3v) is 5.95. The van der Waals surface area contributed by atoms with Crippen molar-refractivity contribution in [2.75, 3.05) is 26.8 Å². The molecular weight excluding hydrogens is 300 g/mol. The average Bonchev–Trinajstić information content (AvgIpc) is 2.99. The molecule has 3 atom stereocenters. The number of benzene rings is 1. The fraction of sp³-hybridized carbons (Fsp3) is 0.500. The first-order valence-corrected chi connectivity index (χ1v) is 8.91. The maximum absolute atomic E-state index is 9.43. The summed E-state index contributed by atoms with van der Waals surface area (Å²) in [5, 5.41) is 10.8. The summed E-state index contributed by atoms with van der Waals surface area (Å²) in [5.74, 6) is 1.89. The van der Waals surface area contributed by atoms with Crippen LogP contribution in [0, 0.1) is 11.8 Å². The lowest BCUT2D eigenvalue weighted by Crippen LogP contribution is -2.45. The Morgan fingerprint density at radius 2 is 2.33 bits per heavy atom. The lowest BCUT2D eigenvalue weighted by atomic mass is 9.77. The molecule has 2 aliphatic heterocycles. The SMILES string of the molecule is C=CC1CN2CCc3c([nH]c4cc(OC)ccc34)C2CC1CCO. The van der Waals surface area contributed by atoms with Crippen LogP contribution in [-0.4, -0.2) is 41.8 Å². The smallest absolute Gasteiger partial charge is 0.120 e. The maximum atomic E-state index is 9.43. The Hall–Kier alpha value is -1.78. The number of methoxy groups -OCH3 is 1. The first kappa shape index (κ1) is 15.7. The monoisotopic (exact) mass is 326 g/mol. The van der Waals surface area contributed by atoms with E-state index < -0.39 is 0 Å². The van der Waals surface area contributed by atoms with Crippen molar-refractivity contribution in [2.24, 2.45) is 11.8 Å². The van der Waals surface area contributed by atoms with Gasteiger partial charge in [-0.3, -0.25) is 4.90 Å². The second-order valence-electron chi connectivity index (χ2n) is 7.10. The van der Waals surface area contributed by atoms with Crippen LogP contribution in [0.4, 0.5) is 0 Å². The van der Waals surface area contributed by atoms with Gasteiger partial charge in [-0.25, -0.2) is 0 Å². The van der Waals surface area contributed by atoms with E-state index in [1.807, 2.05) is 6.07 Å². The number of hydrogen-bond donors (Lipinski definition) is 2. The number of ether oxygens (including phenoxy) is 1. The molecule has 0 spiro atoms. The summed E-state index contributed by atoms with van der Waals surface area (Å²) < 4.78 is 5.37. The number of aromatic amines is 1. The van der Waals surface area contributed by atoms with Gasteiger partial charge in [0.15, 0.2) is 0 Å². The molecule has 2 N–H and O–H groups in total. The Balaban J connectivity index is 1.72. The van der Waals surface area contributed by atoms with Gasteiger partial charge in [-0.2, -0.15) is 0 Å². The Kier molecular flexibility index (Phi) is 4.10. The van der Waals surface area contributed by atoms with Gasteiger partial charge in [0.2, 0.25) is 0 Å². The van der Waals surface area contributed by atoms with Crippen molar-refractivity contribution in [1.29, 1.82) is 0 Å². The zero-order valence-electron chi connectivity index (χ0n) is 14.3. The minimum Gasteiger partial charge on any atom is -0.497 e. The van der Waals surface area contributed by atoms with Gasteiger partial charge in [-0.15, -0.1) is 6.58 Å². The first-order valence-electron chi connectivity index (χ1n) is 8.91. The summed E-state index contributed by atoms with van der Waals surface area (Å²) in [6.45, 7) is 6.44. The van der Waals surface area contributed by atoms with Crippen molar-refractivity contribution < 1.29 is 9.84 Å². The number of nitrogens with zero attached hydrogens (tertiary/aromatic N) is 1. The molecule has 4 nitrogen and oxygen atoms in total. The van der Waals surface area contributed by atoms with E-state index >= 15 is 0 Å². The molecule has 0 saturated carbocycles. The second kappa shape index (κ2) is 6.26. The van der Waals surface area contributed by atoms with Crippen molar-refractivity contribution in [3.05, 3.63) is 42.1 Å². The molecule has 1 aromatic heterocycles. The van der Waals surface area contributed by atoms with Crippen LogP contribution in [-0.2, 0) is 6.42 Å². The van der Waals surface area contributed by atoms with Crippen LogP contribution in [0.1, 0.15) is 30.1 Å². The summed E-state index contributed by atoms with van der Waals surface area (Å²) >= 11 is 0. The summed E-state index contributed by atoms with van der Waals surface area (Å²) in [6.07, 6.45) is 5.13. The number of rotatable bonds is 4. The van der Waals surface area contributed by atoms with Crippen LogP contribution < -0.4 is 4.74 Å². The van der Waals surface area contributed by atoms with Crippen LogP contribution >= 0.6 is 0 Å². The molecule has 3 heterocycles. The van der Waals surface area contributed by atoms with Gasteiger partial charge in [-0.05, 0) is 48.8 Å². The number of aliphatic hydroxyl groups excluding tert-OH is 1. The molecule has 3 unspecified atom stereocenters. The summed E-state index contributed by atoms with van der Waals surface area (Å²) in [4.78, 5) is 6.27. The number of fused-ring (bicyclic) bond motifs is 5. The van der Waals surface area contributed by atoms with Crippen LogP contribution in [0.2, 0.25) is 0 Å². The van der Waals surface area contributed by atoms with Crippen LogP contribution in [0.5, 0.6) is 5.75 Å². The fourth-order valence-electron chi connectivity index (χ4n) is 4.66. The van der Waals surface area contributed by atoms with Crippen molar-refractivity contribution in [3.63, 3.8) is 0 Å². The van der Waals surface area contributed by atoms with E-state index in [9.17, 15) is 5.11 Å². The number of nitrogens with one attached hydrogen (secondary N) is 1. The number of aromatic nitrogens is 1. The molecule has 0 amide bonds. The molecule has 128 valence electrons. The highest BCUT2D eigenvalue weighted by molar-refractivity contribution is 5.86. The minimum absolute atomic E-state index is 0.262. The Morgan fingerprint density at radius 1 is 1.46 bits per heavy atom. The molecule has 0 aliphatic carbocycles. The van der Waals surface area contributed by atoms with Gasteiger partial charge >= 0.3 is 0 Å². The largest absolute Gasteiger partial charge is 0.497 e. The van der Waals surface area contributed by atoms with Gasteiger partial charge in [0.05, 0.1) is 13.2 Å². The molecule has 1 saturated heterocycles. The van der Waals surface area contributed by atoms with Crippen molar-refractivity contribution in [2.45, 2.75) is 25.3 Å². The quantitative estimate of drug-likeness (QED) is 0.848. The van der Waals surface area contributed by atoms with E-state index in [-0.39, 0.29) is 6.61 Å². The summed E-state index contributed by atoms with van der Waals surface area (Å²) in [7, 11) is 1.71. The lowest BCUT2D eigenvalue weighted by molar-refractivity contribution is 0.0594. The summed E-state index contributed by atoms with van der Waals surface area (Å²) in [5.41, 5.74) is 4.01. The van der Waals surface area contributed by atoms with Gasteiger partial charge in [0, 0.05) is 42.4 Å². The van der Waals surface area contributed by atoms with E-state index in [2.05, 4.69) is 34.7 Å². The molecule has 4 heteroatoms. The molecule has 2 aliphatic rings. The predicted molar refractivity (Wildman–Crippen MR) is 96.4 cm³/mol. The molecule has 0 bridgehead atoms. The average molecular weight is 326 g/mol. The third kappa shape index (κ3) is 2.45. The zero-order chi connectivity index (χ0) is 16.7. The first-order chi connectivity index (χ1) is 11.7. The van der Waals surface area contributed by atoms with Crippen molar-refractivity contribution >= 4 is 10.9 Å². The number of hydrogen-bond acceptors (Lipinski definition) is 3. The molecule has 1 aromatic carbocycles. The highest BCUT2D eigenvalue weighted by Gasteiger charge is 2.38. The molecule has 1 fully saturated rings. The fourth-order valence-corrected chi connectivity index (χ4v) is 4.66. The Morgan fingerprint density at radius 3 is 3.08 bits per heavy atom. The second-order valence-corrected chi connectivity index (χ2v) is 7.10. The maximum Gasteiger partial charge on any atom is 0.120 e. The normalized spacial score (nSPS) is 26.8. The van der Waals surface area contributed by atoms with E-state index in [4.69, 9.17) is 4.74 Å². The van der Waals surface area contributed by atoms with E-state index in [1.54, 1.807) is 7.11 Å². The lowest BCUT2D eigenvalue weighted by Gasteiger charge is -2.45. The molecule has 24 heavy (non-hydrogen) atoms. The van der Waals surface area contributed by atoms with E-state index in [1.165, 1.54) is 22.2 Å². The number of piperidine rings is 1. The third-order valence-electron chi connectivity index (χ3n) is 5.95. The molecule has 0 radical (unpaired) electrons. The molecular formula is C20H26N2O2. The van der Waals surface area contributed by atoms with Crippen LogP contribution in [0.25, 0.3) is 10.9 Å². The van der Waals surface area contributed by atoms with Crippen molar-refractivity contribution in [1.82, 2.24) is 9.88 Å². The molecule has 2 aromatic rings. The van der Waals surface area contributed by atoms with Gasteiger partial charge in [0.25, 0.3) is 0 Å². The molecule has 4 rings (SSSR count). The number of H-pyrrole nitrogens is 1. The van der Waals surface area contributed by atoms with Crippen molar-refractivity contribution in [3.8, 4) is 5.75 Å².